The first-order chi connectivity index (χ1) is 33.2. The van der Waals surface area contributed by atoms with Crippen LogP contribution >= 0.6 is 0 Å². The van der Waals surface area contributed by atoms with Crippen LogP contribution in [0.15, 0.2) is 267 Å². The third kappa shape index (κ3) is 6.18. The molecular formula is C65H44N2. The van der Waals surface area contributed by atoms with Crippen molar-refractivity contribution in [1.29, 1.82) is 0 Å². The summed E-state index contributed by atoms with van der Waals surface area (Å²) in [4.78, 5) is 2.38. The van der Waals surface area contributed by atoms with Gasteiger partial charge in [0.05, 0.1) is 16.4 Å². The summed E-state index contributed by atoms with van der Waals surface area (Å²) in [5.74, 6) is 0. The summed E-state index contributed by atoms with van der Waals surface area (Å²) in [5, 5.41) is 5.11. The molecule has 0 saturated heterocycles. The fraction of sp³-hybridized carbons (Fsp3) is 0.0154. The number of benzene rings is 11. The van der Waals surface area contributed by atoms with Gasteiger partial charge in [0.25, 0.3) is 0 Å². The molecule has 0 unspecified atom stereocenters. The molecule has 12 aromatic rings. The van der Waals surface area contributed by atoms with E-state index in [-0.39, 0.29) is 0 Å². The number of anilines is 3. The predicted octanol–water partition coefficient (Wildman–Crippen LogP) is 17.1. The van der Waals surface area contributed by atoms with Gasteiger partial charge in [-0.2, -0.15) is 0 Å². The molecular weight excluding hydrogens is 809 g/mol. The fourth-order valence-electron chi connectivity index (χ4n) is 11.1. The molecule has 0 saturated carbocycles. The van der Waals surface area contributed by atoms with Gasteiger partial charge in [-0.15, -0.1) is 0 Å². The summed E-state index contributed by atoms with van der Waals surface area (Å²) in [6.07, 6.45) is 0. The minimum Gasteiger partial charge on any atom is -0.311 e. The van der Waals surface area contributed by atoms with Gasteiger partial charge < -0.3 is 9.47 Å². The van der Waals surface area contributed by atoms with Crippen LogP contribution in [0.4, 0.5) is 17.1 Å². The maximum absolute atomic E-state index is 2.40. The van der Waals surface area contributed by atoms with E-state index in [1.54, 1.807) is 0 Å². The van der Waals surface area contributed by atoms with Crippen molar-refractivity contribution in [3.05, 3.63) is 289 Å². The van der Waals surface area contributed by atoms with Crippen LogP contribution in [0.2, 0.25) is 0 Å². The first-order valence-electron chi connectivity index (χ1n) is 23.2. The summed E-state index contributed by atoms with van der Waals surface area (Å²) in [6.45, 7) is 0. The molecule has 11 aromatic carbocycles. The Morgan fingerprint density at radius 3 is 1.36 bits per heavy atom. The molecule has 1 heterocycles. The molecule has 2 heteroatoms. The number of para-hydroxylation sites is 1. The van der Waals surface area contributed by atoms with Crippen LogP contribution in [0, 0.1) is 0 Å². The van der Waals surface area contributed by atoms with Gasteiger partial charge in [-0.1, -0.05) is 206 Å². The highest BCUT2D eigenvalue weighted by Crippen LogP contribution is 2.56. The van der Waals surface area contributed by atoms with Crippen LogP contribution in [0.1, 0.15) is 22.3 Å². The standard InChI is InChI=1S/C65H44N2/c1-3-15-45(16-4-1)46-27-36-52(37-28-46)66(54-42-34-51(35-43-54)65(50-18-5-2-6-19-50)60-24-12-9-21-57(60)58-22-10-13-25-61(58)65)53-38-29-47(30-39-53)48-31-40-55(41-32-48)67-62-26-14-11-23-59(62)64-56-20-8-7-17-49(56)33-44-63(64)67/h1-44H. The van der Waals surface area contributed by atoms with Crippen molar-refractivity contribution in [2.75, 3.05) is 4.90 Å². The molecule has 0 spiro atoms. The summed E-state index contributed by atoms with van der Waals surface area (Å²) >= 11 is 0. The molecule has 0 radical (unpaired) electrons. The minimum absolute atomic E-state index is 0.456. The topological polar surface area (TPSA) is 8.17 Å². The maximum atomic E-state index is 2.40. The molecule has 67 heavy (non-hydrogen) atoms. The Balaban J connectivity index is 0.889. The van der Waals surface area contributed by atoms with E-state index in [0.29, 0.717) is 0 Å². The van der Waals surface area contributed by atoms with Crippen molar-refractivity contribution in [3.63, 3.8) is 0 Å². The van der Waals surface area contributed by atoms with Gasteiger partial charge >= 0.3 is 0 Å². The maximum Gasteiger partial charge on any atom is 0.0713 e. The summed E-state index contributed by atoms with van der Waals surface area (Å²) in [6, 6.07) is 97.8. The van der Waals surface area contributed by atoms with Crippen LogP contribution in [-0.2, 0) is 5.41 Å². The Bertz CT molecular complexity index is 3710. The molecule has 1 aliphatic rings. The monoisotopic (exact) mass is 852 g/mol. The van der Waals surface area contributed by atoms with Crippen molar-refractivity contribution < 1.29 is 0 Å². The van der Waals surface area contributed by atoms with Crippen molar-refractivity contribution in [3.8, 4) is 39.1 Å². The zero-order chi connectivity index (χ0) is 44.3. The van der Waals surface area contributed by atoms with E-state index < -0.39 is 5.41 Å². The van der Waals surface area contributed by atoms with E-state index in [1.807, 2.05) is 0 Å². The average molecular weight is 853 g/mol. The quantitative estimate of drug-likeness (QED) is 0.148. The lowest BCUT2D eigenvalue weighted by Gasteiger charge is -2.34. The predicted molar refractivity (Wildman–Crippen MR) is 281 cm³/mol. The van der Waals surface area contributed by atoms with E-state index in [2.05, 4.69) is 276 Å². The van der Waals surface area contributed by atoms with Gasteiger partial charge in [-0.25, -0.2) is 0 Å². The summed E-state index contributed by atoms with van der Waals surface area (Å²) < 4.78 is 2.40. The number of nitrogens with zero attached hydrogens (tertiary/aromatic N) is 2. The highest BCUT2D eigenvalue weighted by atomic mass is 15.1. The van der Waals surface area contributed by atoms with E-state index in [0.717, 1.165) is 22.7 Å². The Morgan fingerprint density at radius 2 is 0.746 bits per heavy atom. The Kier molecular flexibility index (Phi) is 9.11. The van der Waals surface area contributed by atoms with Gasteiger partial charge in [0.1, 0.15) is 0 Å². The van der Waals surface area contributed by atoms with Crippen LogP contribution in [0.25, 0.3) is 71.6 Å². The Hall–Kier alpha value is -8.72. The smallest absolute Gasteiger partial charge is 0.0713 e. The summed E-state index contributed by atoms with van der Waals surface area (Å²) in [5.41, 5.74) is 18.9. The van der Waals surface area contributed by atoms with Crippen LogP contribution in [-0.4, -0.2) is 4.57 Å². The lowest BCUT2D eigenvalue weighted by Crippen LogP contribution is -2.28. The second-order valence-corrected chi connectivity index (χ2v) is 17.6. The molecule has 314 valence electrons. The molecule has 1 aliphatic carbocycles. The fourth-order valence-corrected chi connectivity index (χ4v) is 11.1. The molecule has 13 rings (SSSR count). The first kappa shape index (κ1) is 38.7. The first-order valence-corrected chi connectivity index (χ1v) is 23.2. The van der Waals surface area contributed by atoms with Crippen molar-refractivity contribution in [2.24, 2.45) is 0 Å². The lowest BCUT2D eigenvalue weighted by molar-refractivity contribution is 0.768. The van der Waals surface area contributed by atoms with Gasteiger partial charge in [-0.3, -0.25) is 0 Å². The highest BCUT2D eigenvalue weighted by molar-refractivity contribution is 6.21. The molecule has 0 atom stereocenters. The van der Waals surface area contributed by atoms with Crippen LogP contribution in [0.3, 0.4) is 0 Å². The third-order valence-electron chi connectivity index (χ3n) is 14.1. The lowest BCUT2D eigenvalue weighted by atomic mass is 9.68. The molecule has 1 aromatic heterocycles. The van der Waals surface area contributed by atoms with E-state index in [9.17, 15) is 0 Å². The zero-order valence-electron chi connectivity index (χ0n) is 36.8. The van der Waals surface area contributed by atoms with E-state index in [1.165, 1.54) is 88.2 Å². The van der Waals surface area contributed by atoms with E-state index >= 15 is 0 Å². The number of hydrogen-bond donors (Lipinski definition) is 0. The molecule has 2 nitrogen and oxygen atoms in total. The van der Waals surface area contributed by atoms with Gasteiger partial charge in [-0.05, 0) is 127 Å². The number of aromatic nitrogens is 1. The van der Waals surface area contributed by atoms with Crippen molar-refractivity contribution in [1.82, 2.24) is 4.57 Å². The molecule has 0 fully saturated rings. The number of rotatable bonds is 8. The van der Waals surface area contributed by atoms with E-state index in [4.69, 9.17) is 0 Å². The average Bonchev–Trinajstić information content (AvgIpc) is 3.91. The molecule has 0 amide bonds. The SMILES string of the molecule is c1ccc(-c2ccc(N(c3ccc(-c4ccc(-n5c6ccccc6c6c7ccccc7ccc65)cc4)cc3)c3ccc(C4(c5ccccc5)c5ccccc5-c5ccccc54)cc3)cc2)cc1. The third-order valence-corrected chi connectivity index (χ3v) is 14.1. The second-order valence-electron chi connectivity index (χ2n) is 17.6. The van der Waals surface area contributed by atoms with Crippen LogP contribution in [0.5, 0.6) is 0 Å². The Morgan fingerprint density at radius 1 is 0.299 bits per heavy atom. The normalized spacial score (nSPS) is 12.6. The molecule has 0 bridgehead atoms. The van der Waals surface area contributed by atoms with Gasteiger partial charge in [0.2, 0.25) is 0 Å². The van der Waals surface area contributed by atoms with Gasteiger partial charge in [0, 0.05) is 33.5 Å². The highest BCUT2D eigenvalue weighted by Gasteiger charge is 2.45. The molecule has 0 aliphatic heterocycles. The van der Waals surface area contributed by atoms with Crippen molar-refractivity contribution >= 4 is 49.6 Å². The second kappa shape index (κ2) is 15.8. The minimum atomic E-state index is -0.456. The molecule has 0 N–H and O–H groups in total. The Labute approximate surface area is 390 Å². The number of hydrogen-bond acceptors (Lipinski definition) is 1. The summed E-state index contributed by atoms with van der Waals surface area (Å²) in [7, 11) is 0. The van der Waals surface area contributed by atoms with Crippen molar-refractivity contribution in [2.45, 2.75) is 5.41 Å². The number of fused-ring (bicyclic) bond motifs is 8. The van der Waals surface area contributed by atoms with Gasteiger partial charge in [0.15, 0.2) is 0 Å². The largest absolute Gasteiger partial charge is 0.311 e. The zero-order valence-corrected chi connectivity index (χ0v) is 36.8. The van der Waals surface area contributed by atoms with Crippen LogP contribution < -0.4 is 4.90 Å².